The van der Waals surface area contributed by atoms with E-state index in [1.54, 1.807) is 6.07 Å². The molecule has 0 fully saturated rings. The first-order valence-electron chi connectivity index (χ1n) is 11.4. The first kappa shape index (κ1) is 25.5. The summed E-state index contributed by atoms with van der Waals surface area (Å²) >= 11 is 0. The van der Waals surface area contributed by atoms with Crippen LogP contribution in [0.1, 0.15) is 111 Å². The van der Waals surface area contributed by atoms with E-state index in [9.17, 15) is 4.79 Å². The third-order valence-corrected chi connectivity index (χ3v) is 4.68. The van der Waals surface area contributed by atoms with Gasteiger partial charge in [0.05, 0.1) is 0 Å². The van der Waals surface area contributed by atoms with Crippen molar-refractivity contribution in [1.82, 2.24) is 0 Å². The number of rotatable bonds is 15. The van der Waals surface area contributed by atoms with Crippen molar-refractivity contribution in [2.24, 2.45) is 0 Å². The summed E-state index contributed by atoms with van der Waals surface area (Å²) in [7, 11) is 0. The minimum atomic E-state index is 0.0914. The van der Waals surface area contributed by atoms with Crippen LogP contribution in [0.5, 0.6) is 0 Å². The van der Waals surface area contributed by atoms with Gasteiger partial charge >= 0.3 is 0 Å². The number of benzene rings is 1. The van der Waals surface area contributed by atoms with Crippen molar-refractivity contribution in [1.29, 1.82) is 0 Å². The van der Waals surface area contributed by atoms with E-state index in [-0.39, 0.29) is 5.91 Å². The summed E-state index contributed by atoms with van der Waals surface area (Å²) in [5, 5.41) is 2.91. The molecular formula is C24H44N2O. The lowest BCUT2D eigenvalue weighted by Gasteiger charge is -2.06. The fraction of sp³-hybridized carbons (Fsp3) is 0.708. The molecule has 0 radical (unpaired) electrons. The van der Waals surface area contributed by atoms with Gasteiger partial charge in [-0.25, -0.2) is 0 Å². The van der Waals surface area contributed by atoms with Gasteiger partial charge in [-0.2, -0.15) is 0 Å². The highest BCUT2D eigenvalue weighted by molar-refractivity contribution is 5.91. The Labute approximate surface area is 168 Å². The number of hydrogen-bond donors (Lipinski definition) is 2. The molecular weight excluding hydrogens is 332 g/mol. The zero-order chi connectivity index (χ0) is 20.2. The molecule has 1 amide bonds. The molecule has 156 valence electrons. The molecule has 0 aliphatic carbocycles. The van der Waals surface area contributed by atoms with Crippen molar-refractivity contribution in [2.45, 2.75) is 111 Å². The third kappa shape index (κ3) is 16.4. The molecule has 0 spiro atoms. The highest BCUT2D eigenvalue weighted by Crippen LogP contribution is 2.14. The maximum absolute atomic E-state index is 11.9. The second kappa shape index (κ2) is 19.3. The van der Waals surface area contributed by atoms with E-state index in [0.717, 1.165) is 18.5 Å². The molecule has 1 aromatic rings. The van der Waals surface area contributed by atoms with E-state index >= 15 is 0 Å². The molecule has 3 N–H and O–H groups in total. The number of amides is 1. The predicted octanol–water partition coefficient (Wildman–Crippen LogP) is 7.71. The van der Waals surface area contributed by atoms with Crippen LogP contribution in [0.25, 0.3) is 0 Å². The van der Waals surface area contributed by atoms with Gasteiger partial charge < -0.3 is 11.1 Å². The van der Waals surface area contributed by atoms with E-state index < -0.39 is 0 Å². The maximum atomic E-state index is 11.9. The molecule has 0 unspecified atom stereocenters. The molecule has 3 heteroatoms. The molecule has 0 heterocycles. The van der Waals surface area contributed by atoms with Crippen molar-refractivity contribution in [3.05, 3.63) is 24.3 Å². The molecule has 3 nitrogen and oxygen atoms in total. The normalized spacial score (nSPS) is 10.2. The van der Waals surface area contributed by atoms with Gasteiger partial charge in [-0.1, -0.05) is 104 Å². The lowest BCUT2D eigenvalue weighted by Crippen LogP contribution is -2.11. The standard InChI is InChI=1S/C22H38N2O.C2H6/c1-2-3-4-5-6-7-8-9-10-11-12-13-14-18-22(25)24-21-17-15-16-20(23)19-21;1-2/h15-17,19H,2-14,18,23H2,1H3,(H,24,25);1-2H3. The Morgan fingerprint density at radius 1 is 0.815 bits per heavy atom. The largest absolute Gasteiger partial charge is 0.399 e. The SMILES string of the molecule is CC.CCCCCCCCCCCCCCCC(=O)Nc1cccc(N)c1. The number of nitrogens with two attached hydrogens (primary N) is 1. The number of unbranched alkanes of at least 4 members (excludes halogenated alkanes) is 12. The highest BCUT2D eigenvalue weighted by atomic mass is 16.1. The number of nitrogens with one attached hydrogen (secondary N) is 1. The molecule has 27 heavy (non-hydrogen) atoms. The Hall–Kier alpha value is -1.51. The zero-order valence-corrected chi connectivity index (χ0v) is 18.2. The highest BCUT2D eigenvalue weighted by Gasteiger charge is 2.02. The summed E-state index contributed by atoms with van der Waals surface area (Å²) in [6.07, 6.45) is 17.8. The molecule has 0 aliphatic heterocycles. The van der Waals surface area contributed by atoms with E-state index in [0.29, 0.717) is 12.1 Å². The lowest BCUT2D eigenvalue weighted by molar-refractivity contribution is -0.116. The van der Waals surface area contributed by atoms with Gasteiger partial charge in [-0.05, 0) is 24.6 Å². The molecule has 0 atom stereocenters. The van der Waals surface area contributed by atoms with Gasteiger partial charge in [0.25, 0.3) is 0 Å². The summed E-state index contributed by atoms with van der Waals surface area (Å²) in [4.78, 5) is 11.9. The molecule has 1 aromatic carbocycles. The molecule has 0 saturated heterocycles. The van der Waals surface area contributed by atoms with Crippen molar-refractivity contribution >= 4 is 17.3 Å². The van der Waals surface area contributed by atoms with Crippen LogP contribution in [0, 0.1) is 0 Å². The summed E-state index contributed by atoms with van der Waals surface area (Å²) in [5.74, 6) is 0.0914. The van der Waals surface area contributed by atoms with Gasteiger partial charge in [0.1, 0.15) is 0 Å². The van der Waals surface area contributed by atoms with Crippen molar-refractivity contribution in [3.8, 4) is 0 Å². The van der Waals surface area contributed by atoms with Crippen LogP contribution < -0.4 is 11.1 Å². The molecule has 0 bridgehead atoms. The van der Waals surface area contributed by atoms with Crippen LogP contribution >= 0.6 is 0 Å². The van der Waals surface area contributed by atoms with Gasteiger partial charge in [0, 0.05) is 17.8 Å². The number of nitrogen functional groups attached to an aromatic ring is 1. The molecule has 0 aliphatic rings. The number of carbonyl (C=O) groups is 1. The summed E-state index contributed by atoms with van der Waals surface area (Å²) in [6, 6.07) is 7.35. The van der Waals surface area contributed by atoms with Crippen LogP contribution in [-0.4, -0.2) is 5.91 Å². The van der Waals surface area contributed by atoms with Gasteiger partial charge in [0.15, 0.2) is 0 Å². The maximum Gasteiger partial charge on any atom is 0.224 e. The second-order valence-corrected chi connectivity index (χ2v) is 7.17. The van der Waals surface area contributed by atoms with E-state index in [1.165, 1.54) is 70.6 Å². The second-order valence-electron chi connectivity index (χ2n) is 7.17. The van der Waals surface area contributed by atoms with E-state index in [1.807, 2.05) is 32.0 Å². The van der Waals surface area contributed by atoms with Gasteiger partial charge in [-0.15, -0.1) is 0 Å². The first-order chi connectivity index (χ1) is 13.2. The summed E-state index contributed by atoms with van der Waals surface area (Å²) in [6.45, 7) is 6.27. The Balaban J connectivity index is 0.00000326. The number of carbonyl (C=O) groups excluding carboxylic acids is 1. The van der Waals surface area contributed by atoms with Gasteiger partial charge in [-0.3, -0.25) is 4.79 Å². The van der Waals surface area contributed by atoms with Crippen molar-refractivity contribution < 1.29 is 4.79 Å². The van der Waals surface area contributed by atoms with E-state index in [2.05, 4.69) is 12.2 Å². The third-order valence-electron chi connectivity index (χ3n) is 4.68. The Morgan fingerprint density at radius 2 is 1.30 bits per heavy atom. The minimum Gasteiger partial charge on any atom is -0.399 e. The fourth-order valence-corrected chi connectivity index (χ4v) is 3.14. The minimum absolute atomic E-state index is 0.0914. The smallest absolute Gasteiger partial charge is 0.224 e. The Bertz CT molecular complexity index is 459. The lowest BCUT2D eigenvalue weighted by atomic mass is 10.0. The van der Waals surface area contributed by atoms with Crippen LogP contribution in [0.3, 0.4) is 0 Å². The monoisotopic (exact) mass is 376 g/mol. The Kier molecular flexibility index (Phi) is 18.2. The van der Waals surface area contributed by atoms with Crippen LogP contribution in [0.2, 0.25) is 0 Å². The van der Waals surface area contributed by atoms with Crippen LogP contribution in [0.15, 0.2) is 24.3 Å². The predicted molar refractivity (Wildman–Crippen MR) is 121 cm³/mol. The Morgan fingerprint density at radius 3 is 1.78 bits per heavy atom. The van der Waals surface area contributed by atoms with Crippen LogP contribution in [0.4, 0.5) is 11.4 Å². The molecule has 0 saturated carbocycles. The average Bonchev–Trinajstić information content (AvgIpc) is 2.67. The molecule has 1 rings (SSSR count). The van der Waals surface area contributed by atoms with Crippen molar-refractivity contribution in [2.75, 3.05) is 11.1 Å². The summed E-state index contributed by atoms with van der Waals surface area (Å²) in [5.41, 5.74) is 7.18. The summed E-state index contributed by atoms with van der Waals surface area (Å²) < 4.78 is 0. The van der Waals surface area contributed by atoms with Crippen molar-refractivity contribution in [3.63, 3.8) is 0 Å². The van der Waals surface area contributed by atoms with Gasteiger partial charge in [0.2, 0.25) is 5.91 Å². The average molecular weight is 377 g/mol. The van der Waals surface area contributed by atoms with E-state index in [4.69, 9.17) is 5.73 Å². The quantitative estimate of drug-likeness (QED) is 0.243. The number of anilines is 2. The topological polar surface area (TPSA) is 55.1 Å². The fourth-order valence-electron chi connectivity index (χ4n) is 3.14. The van der Waals surface area contributed by atoms with Crippen LogP contribution in [-0.2, 0) is 4.79 Å². The number of hydrogen-bond acceptors (Lipinski definition) is 2. The molecule has 0 aromatic heterocycles. The zero-order valence-electron chi connectivity index (χ0n) is 18.2. The first-order valence-corrected chi connectivity index (χ1v) is 11.4.